The van der Waals surface area contributed by atoms with Crippen LogP contribution in [0.2, 0.25) is 0 Å². The predicted molar refractivity (Wildman–Crippen MR) is 75.9 cm³/mol. The summed E-state index contributed by atoms with van der Waals surface area (Å²) in [6.07, 6.45) is 10.7. The summed E-state index contributed by atoms with van der Waals surface area (Å²) in [7, 11) is 0. The third-order valence-corrected chi connectivity index (χ3v) is 4.06. The first-order chi connectivity index (χ1) is 9.33. The maximum absolute atomic E-state index is 9.36. The number of phenolic OH excluding ortho intramolecular Hbond substituents is 1. The van der Waals surface area contributed by atoms with Crippen LogP contribution < -0.4 is 0 Å². The molecule has 3 nitrogen and oxygen atoms in total. The van der Waals surface area contributed by atoms with Crippen molar-refractivity contribution in [1.82, 2.24) is 9.55 Å². The minimum Gasteiger partial charge on any atom is -0.508 e. The van der Waals surface area contributed by atoms with Crippen LogP contribution in [0.4, 0.5) is 0 Å². The van der Waals surface area contributed by atoms with E-state index in [1.54, 1.807) is 12.1 Å². The molecule has 0 saturated heterocycles. The van der Waals surface area contributed by atoms with Crippen molar-refractivity contribution >= 4 is 0 Å². The number of phenols is 1. The number of hydrogen-bond acceptors (Lipinski definition) is 2. The Morgan fingerprint density at radius 2 is 1.84 bits per heavy atom. The Labute approximate surface area is 113 Å². The Kier molecular flexibility index (Phi) is 3.53. The van der Waals surface area contributed by atoms with Gasteiger partial charge in [0.05, 0.1) is 18.2 Å². The molecule has 1 N–H and O–H groups in total. The van der Waals surface area contributed by atoms with Gasteiger partial charge in [-0.05, 0) is 43.0 Å². The van der Waals surface area contributed by atoms with Crippen molar-refractivity contribution in [2.24, 2.45) is 5.92 Å². The van der Waals surface area contributed by atoms with Crippen molar-refractivity contribution in [1.29, 1.82) is 0 Å². The SMILES string of the molecule is Oc1ccc(-c2cncn2CC2CCCCC2)cc1. The average molecular weight is 256 g/mol. The molecule has 0 unspecified atom stereocenters. The van der Waals surface area contributed by atoms with Gasteiger partial charge in [-0.25, -0.2) is 4.98 Å². The first kappa shape index (κ1) is 12.3. The van der Waals surface area contributed by atoms with Crippen molar-refractivity contribution in [2.45, 2.75) is 38.6 Å². The van der Waals surface area contributed by atoms with Gasteiger partial charge in [-0.15, -0.1) is 0 Å². The number of rotatable bonds is 3. The number of benzene rings is 1. The summed E-state index contributed by atoms with van der Waals surface area (Å²) in [6, 6.07) is 7.36. The standard InChI is InChI=1S/C16H20N2O/c19-15-8-6-14(7-9-15)16-10-17-12-18(16)11-13-4-2-1-3-5-13/h6-10,12-13,19H,1-5,11H2. The fourth-order valence-electron chi connectivity index (χ4n) is 2.99. The molecule has 1 aromatic carbocycles. The Balaban J connectivity index is 1.79. The van der Waals surface area contributed by atoms with Crippen LogP contribution in [0.25, 0.3) is 11.3 Å². The molecule has 0 radical (unpaired) electrons. The van der Waals surface area contributed by atoms with E-state index < -0.39 is 0 Å². The van der Waals surface area contributed by atoms with Gasteiger partial charge < -0.3 is 9.67 Å². The van der Waals surface area contributed by atoms with Crippen molar-refractivity contribution in [3.63, 3.8) is 0 Å². The first-order valence-corrected chi connectivity index (χ1v) is 7.12. The van der Waals surface area contributed by atoms with E-state index in [4.69, 9.17) is 0 Å². The summed E-state index contributed by atoms with van der Waals surface area (Å²) >= 11 is 0. The van der Waals surface area contributed by atoms with E-state index in [0.717, 1.165) is 23.7 Å². The molecule has 2 aromatic rings. The van der Waals surface area contributed by atoms with E-state index >= 15 is 0 Å². The highest BCUT2D eigenvalue weighted by molar-refractivity contribution is 5.59. The highest BCUT2D eigenvalue weighted by atomic mass is 16.3. The zero-order chi connectivity index (χ0) is 13.1. The molecule has 3 rings (SSSR count). The molecule has 1 saturated carbocycles. The normalized spacial score (nSPS) is 16.6. The molecule has 1 heterocycles. The lowest BCUT2D eigenvalue weighted by Crippen LogP contribution is -2.14. The molecule has 0 atom stereocenters. The average Bonchev–Trinajstić information content (AvgIpc) is 2.89. The van der Waals surface area contributed by atoms with E-state index in [-0.39, 0.29) is 0 Å². The maximum Gasteiger partial charge on any atom is 0.115 e. The van der Waals surface area contributed by atoms with E-state index in [0.29, 0.717) is 5.75 Å². The largest absolute Gasteiger partial charge is 0.508 e. The van der Waals surface area contributed by atoms with Gasteiger partial charge in [-0.1, -0.05) is 19.3 Å². The molecule has 0 aliphatic heterocycles. The van der Waals surface area contributed by atoms with Crippen LogP contribution in [0.3, 0.4) is 0 Å². The van der Waals surface area contributed by atoms with Crippen LogP contribution in [-0.4, -0.2) is 14.7 Å². The molecule has 3 heteroatoms. The third kappa shape index (κ3) is 2.80. The van der Waals surface area contributed by atoms with Crippen LogP contribution in [0, 0.1) is 5.92 Å². The lowest BCUT2D eigenvalue weighted by Gasteiger charge is -2.22. The molecule has 1 fully saturated rings. The van der Waals surface area contributed by atoms with Crippen molar-refractivity contribution in [3.05, 3.63) is 36.8 Å². The lowest BCUT2D eigenvalue weighted by atomic mass is 9.89. The smallest absolute Gasteiger partial charge is 0.115 e. The van der Waals surface area contributed by atoms with Gasteiger partial charge >= 0.3 is 0 Å². The van der Waals surface area contributed by atoms with Crippen molar-refractivity contribution in [2.75, 3.05) is 0 Å². The van der Waals surface area contributed by atoms with Crippen LogP contribution in [0.5, 0.6) is 5.75 Å². The van der Waals surface area contributed by atoms with Gasteiger partial charge in [-0.2, -0.15) is 0 Å². The van der Waals surface area contributed by atoms with Crippen molar-refractivity contribution in [3.8, 4) is 17.0 Å². The van der Waals surface area contributed by atoms with Crippen LogP contribution >= 0.6 is 0 Å². The Morgan fingerprint density at radius 1 is 1.11 bits per heavy atom. The third-order valence-electron chi connectivity index (χ3n) is 4.06. The molecule has 0 bridgehead atoms. The fraction of sp³-hybridized carbons (Fsp3) is 0.438. The fourth-order valence-corrected chi connectivity index (χ4v) is 2.99. The molecule has 100 valence electrons. The number of hydrogen-bond donors (Lipinski definition) is 1. The summed E-state index contributed by atoms with van der Waals surface area (Å²) in [5.41, 5.74) is 2.26. The number of nitrogens with zero attached hydrogens (tertiary/aromatic N) is 2. The molecule has 1 aromatic heterocycles. The van der Waals surface area contributed by atoms with Gasteiger partial charge in [0, 0.05) is 12.1 Å². The predicted octanol–water partition coefficient (Wildman–Crippen LogP) is 3.84. The minimum atomic E-state index is 0.307. The van der Waals surface area contributed by atoms with Crippen LogP contribution in [-0.2, 0) is 6.54 Å². The molecule has 0 amide bonds. The second kappa shape index (κ2) is 5.47. The molecule has 1 aliphatic rings. The monoisotopic (exact) mass is 256 g/mol. The zero-order valence-corrected chi connectivity index (χ0v) is 11.1. The molecular weight excluding hydrogens is 236 g/mol. The highest BCUT2D eigenvalue weighted by Crippen LogP contribution is 2.28. The van der Waals surface area contributed by atoms with Crippen molar-refractivity contribution < 1.29 is 5.11 Å². The number of aromatic nitrogens is 2. The molecule has 0 spiro atoms. The van der Waals surface area contributed by atoms with Crippen LogP contribution in [0.1, 0.15) is 32.1 Å². The highest BCUT2D eigenvalue weighted by Gasteiger charge is 2.15. The minimum absolute atomic E-state index is 0.307. The quantitative estimate of drug-likeness (QED) is 0.906. The maximum atomic E-state index is 9.36. The first-order valence-electron chi connectivity index (χ1n) is 7.12. The topological polar surface area (TPSA) is 38.1 Å². The number of aromatic hydroxyl groups is 1. The summed E-state index contributed by atoms with van der Waals surface area (Å²) in [5, 5.41) is 9.36. The molecule has 1 aliphatic carbocycles. The second-order valence-electron chi connectivity index (χ2n) is 5.48. The lowest BCUT2D eigenvalue weighted by molar-refractivity contribution is 0.320. The molecule has 19 heavy (non-hydrogen) atoms. The second-order valence-corrected chi connectivity index (χ2v) is 5.48. The number of imidazole rings is 1. The summed E-state index contributed by atoms with van der Waals surface area (Å²) in [5.74, 6) is 1.10. The zero-order valence-electron chi connectivity index (χ0n) is 11.1. The summed E-state index contributed by atoms with van der Waals surface area (Å²) in [6.45, 7) is 1.07. The van der Waals surface area contributed by atoms with E-state index in [2.05, 4.69) is 9.55 Å². The van der Waals surface area contributed by atoms with Gasteiger partial charge in [0.1, 0.15) is 5.75 Å². The Morgan fingerprint density at radius 3 is 2.58 bits per heavy atom. The Bertz CT molecular complexity index is 524. The van der Waals surface area contributed by atoms with Gasteiger partial charge in [-0.3, -0.25) is 0 Å². The van der Waals surface area contributed by atoms with E-state index in [1.807, 2.05) is 24.7 Å². The Hall–Kier alpha value is -1.77. The van der Waals surface area contributed by atoms with Gasteiger partial charge in [0.2, 0.25) is 0 Å². The van der Waals surface area contributed by atoms with Crippen LogP contribution in [0.15, 0.2) is 36.8 Å². The molecular formula is C16H20N2O. The van der Waals surface area contributed by atoms with Gasteiger partial charge in [0.25, 0.3) is 0 Å². The summed E-state index contributed by atoms with van der Waals surface area (Å²) < 4.78 is 2.25. The van der Waals surface area contributed by atoms with E-state index in [9.17, 15) is 5.11 Å². The summed E-state index contributed by atoms with van der Waals surface area (Å²) in [4.78, 5) is 4.29. The van der Waals surface area contributed by atoms with E-state index in [1.165, 1.54) is 32.1 Å². The van der Waals surface area contributed by atoms with Gasteiger partial charge in [0.15, 0.2) is 0 Å².